The van der Waals surface area contributed by atoms with Gasteiger partial charge in [-0.2, -0.15) is 10.2 Å². The first-order valence-corrected chi connectivity index (χ1v) is 13.9. The topological polar surface area (TPSA) is 147 Å². The minimum Gasteiger partial charge on any atom is -0.368 e. The van der Waals surface area contributed by atoms with Crippen LogP contribution in [0.3, 0.4) is 0 Å². The van der Waals surface area contributed by atoms with Crippen molar-refractivity contribution in [1.29, 1.82) is 0 Å². The Bertz CT molecular complexity index is 1600. The number of rotatable bonds is 8. The lowest BCUT2D eigenvalue weighted by Crippen LogP contribution is -2.50. The number of hydrogen-bond acceptors (Lipinski definition) is 9. The SMILES string of the molecule is CO[C@]1(C(=O)N[C@@H](C)c2ccc(-n3cc(F)cn3)nc2)CC[C@H](c2nc(Nc3cc(C)[nH]n3)cc3c2C=CNN3)CC1. The number of ether oxygens (including phenoxy) is 1. The van der Waals surface area contributed by atoms with Crippen molar-refractivity contribution in [3.05, 3.63) is 77.4 Å². The second-order valence-electron chi connectivity index (χ2n) is 10.7. The summed E-state index contributed by atoms with van der Waals surface area (Å²) < 4.78 is 20.6. The molecule has 6 rings (SSSR count). The molecule has 5 heterocycles. The van der Waals surface area contributed by atoms with E-state index in [1.165, 1.54) is 10.9 Å². The van der Waals surface area contributed by atoms with Crippen LogP contribution in [0.25, 0.3) is 11.9 Å². The highest BCUT2D eigenvalue weighted by Crippen LogP contribution is 2.43. The van der Waals surface area contributed by atoms with Gasteiger partial charge in [-0.05, 0) is 57.2 Å². The standard InChI is InChI=1S/C29H33FN10O2/c1-17-12-25(39-37-17)35-24-13-23-22(8-11-32-38-23)27(36-24)19-6-9-29(42-3,10-7-19)28(41)34-18(2)20-4-5-26(31-14-20)40-16-21(30)15-33-40/h4-5,8,11-16,18-19,32,38H,6-7,9-10H2,1-3H3,(H,34,41)(H2,35,36,37,39)/t18-,19-,29+/m0/s1. The number of nitrogens with zero attached hydrogens (tertiary/aromatic N) is 5. The number of pyridine rings is 2. The fourth-order valence-corrected chi connectivity index (χ4v) is 5.59. The normalized spacial score (nSPS) is 20.2. The molecule has 13 heteroatoms. The molecule has 0 unspecified atom stereocenters. The van der Waals surface area contributed by atoms with Gasteiger partial charge in [0.2, 0.25) is 0 Å². The Kier molecular flexibility index (Phi) is 7.33. The van der Waals surface area contributed by atoms with Crippen LogP contribution in [0.4, 0.5) is 21.7 Å². The Morgan fingerprint density at radius 2 is 2.05 bits per heavy atom. The molecule has 1 fully saturated rings. The van der Waals surface area contributed by atoms with Gasteiger partial charge in [0.15, 0.2) is 17.5 Å². The van der Waals surface area contributed by atoms with E-state index in [0.29, 0.717) is 30.3 Å². The maximum atomic E-state index is 13.6. The molecule has 1 amide bonds. The molecule has 0 bridgehead atoms. The van der Waals surface area contributed by atoms with Crippen LogP contribution in [0.5, 0.6) is 0 Å². The summed E-state index contributed by atoms with van der Waals surface area (Å²) in [7, 11) is 1.60. The smallest absolute Gasteiger partial charge is 0.252 e. The van der Waals surface area contributed by atoms with Crippen LogP contribution in [0, 0.1) is 12.7 Å². The second kappa shape index (κ2) is 11.2. The summed E-state index contributed by atoms with van der Waals surface area (Å²) in [5.74, 6) is 1.42. The molecule has 12 nitrogen and oxygen atoms in total. The number of nitrogens with one attached hydrogen (secondary N) is 5. The summed E-state index contributed by atoms with van der Waals surface area (Å²) in [5.41, 5.74) is 10.00. The highest BCUT2D eigenvalue weighted by Gasteiger charge is 2.43. The lowest BCUT2D eigenvalue weighted by atomic mass is 9.75. The molecule has 2 aliphatic rings. The lowest BCUT2D eigenvalue weighted by Gasteiger charge is -2.39. The molecule has 1 aliphatic carbocycles. The largest absolute Gasteiger partial charge is 0.368 e. The number of carbonyl (C=O) groups is 1. The number of fused-ring (bicyclic) bond motifs is 1. The van der Waals surface area contributed by atoms with Crippen LogP contribution in [0.1, 0.15) is 67.1 Å². The number of anilines is 3. The van der Waals surface area contributed by atoms with Gasteiger partial charge in [0.05, 0.1) is 29.8 Å². The van der Waals surface area contributed by atoms with E-state index in [4.69, 9.17) is 9.72 Å². The number of amides is 1. The highest BCUT2D eigenvalue weighted by atomic mass is 19.1. The fourth-order valence-electron chi connectivity index (χ4n) is 5.59. The second-order valence-corrected chi connectivity index (χ2v) is 10.7. The number of methoxy groups -OCH3 is 1. The number of aromatic amines is 1. The number of hydrazine groups is 1. The number of H-pyrrole nitrogens is 1. The van der Waals surface area contributed by atoms with Gasteiger partial charge >= 0.3 is 0 Å². The van der Waals surface area contributed by atoms with E-state index >= 15 is 0 Å². The molecular formula is C29H33FN10O2. The molecule has 1 aliphatic heterocycles. The molecule has 42 heavy (non-hydrogen) atoms. The van der Waals surface area contributed by atoms with Gasteiger partial charge in [-0.3, -0.25) is 9.89 Å². The van der Waals surface area contributed by atoms with Crippen LogP contribution >= 0.6 is 0 Å². The first-order chi connectivity index (χ1) is 20.3. The first kappa shape index (κ1) is 27.4. The van der Waals surface area contributed by atoms with E-state index in [9.17, 15) is 9.18 Å². The third-order valence-electron chi connectivity index (χ3n) is 7.98. The van der Waals surface area contributed by atoms with Crippen molar-refractivity contribution in [1.82, 2.24) is 40.7 Å². The zero-order chi connectivity index (χ0) is 29.3. The molecule has 5 N–H and O–H groups in total. The molecule has 0 radical (unpaired) electrons. The number of hydrogen-bond donors (Lipinski definition) is 5. The minimum atomic E-state index is -0.942. The van der Waals surface area contributed by atoms with Gasteiger partial charge in [-0.1, -0.05) is 6.07 Å². The van der Waals surface area contributed by atoms with Crippen LogP contribution in [0.2, 0.25) is 0 Å². The highest BCUT2D eigenvalue weighted by molar-refractivity contribution is 5.86. The van der Waals surface area contributed by atoms with Gasteiger partial charge < -0.3 is 26.2 Å². The third-order valence-corrected chi connectivity index (χ3v) is 7.98. The molecule has 1 atom stereocenters. The summed E-state index contributed by atoms with van der Waals surface area (Å²) in [6.45, 7) is 3.85. The molecule has 4 aromatic heterocycles. The molecular weight excluding hydrogens is 539 g/mol. The van der Waals surface area contributed by atoms with Gasteiger partial charge in [-0.15, -0.1) is 0 Å². The van der Waals surface area contributed by atoms with Gasteiger partial charge in [0.25, 0.3) is 5.91 Å². The van der Waals surface area contributed by atoms with E-state index in [1.807, 2.05) is 44.3 Å². The van der Waals surface area contributed by atoms with Crippen molar-refractivity contribution >= 4 is 29.3 Å². The van der Waals surface area contributed by atoms with Crippen molar-refractivity contribution in [2.24, 2.45) is 0 Å². The Labute approximate surface area is 242 Å². The zero-order valence-electron chi connectivity index (χ0n) is 23.6. The molecule has 0 aromatic carbocycles. The van der Waals surface area contributed by atoms with E-state index in [1.54, 1.807) is 19.4 Å². The third kappa shape index (κ3) is 5.42. The summed E-state index contributed by atoms with van der Waals surface area (Å²) in [5, 5.41) is 17.5. The summed E-state index contributed by atoms with van der Waals surface area (Å²) in [4.78, 5) is 22.9. The van der Waals surface area contributed by atoms with Crippen molar-refractivity contribution < 1.29 is 13.9 Å². The van der Waals surface area contributed by atoms with Crippen molar-refractivity contribution in [2.45, 2.75) is 57.1 Å². The lowest BCUT2D eigenvalue weighted by molar-refractivity contribution is -0.148. The predicted octanol–water partition coefficient (Wildman–Crippen LogP) is 4.40. The molecule has 0 saturated heterocycles. The number of carbonyl (C=O) groups excluding carboxylic acids is 1. The number of halogens is 1. The zero-order valence-corrected chi connectivity index (χ0v) is 23.6. The van der Waals surface area contributed by atoms with Crippen molar-refractivity contribution in [3.63, 3.8) is 0 Å². The maximum absolute atomic E-state index is 13.6. The van der Waals surface area contributed by atoms with Gasteiger partial charge in [0, 0.05) is 48.8 Å². The van der Waals surface area contributed by atoms with E-state index < -0.39 is 11.4 Å². The van der Waals surface area contributed by atoms with Crippen LogP contribution in [-0.4, -0.2) is 48.6 Å². The first-order valence-electron chi connectivity index (χ1n) is 13.9. The Morgan fingerprint density at radius 3 is 2.71 bits per heavy atom. The molecule has 0 spiro atoms. The van der Waals surface area contributed by atoms with Crippen LogP contribution < -0.4 is 21.5 Å². The minimum absolute atomic E-state index is 0.142. The predicted molar refractivity (Wildman–Crippen MR) is 155 cm³/mol. The Hall–Kier alpha value is -4.78. The summed E-state index contributed by atoms with van der Waals surface area (Å²) >= 11 is 0. The monoisotopic (exact) mass is 572 g/mol. The number of aromatic nitrogens is 6. The van der Waals surface area contributed by atoms with Crippen LogP contribution in [0.15, 0.2) is 49.1 Å². The van der Waals surface area contributed by atoms with E-state index in [2.05, 4.69) is 41.8 Å². The van der Waals surface area contributed by atoms with Crippen LogP contribution in [-0.2, 0) is 9.53 Å². The quantitative estimate of drug-likeness (QED) is 0.207. The molecule has 218 valence electrons. The fraction of sp³-hybridized carbons (Fsp3) is 0.345. The maximum Gasteiger partial charge on any atom is 0.252 e. The van der Waals surface area contributed by atoms with Gasteiger partial charge in [-0.25, -0.2) is 19.0 Å². The molecule has 1 saturated carbocycles. The van der Waals surface area contributed by atoms with Gasteiger partial charge in [0.1, 0.15) is 11.4 Å². The average Bonchev–Trinajstić information content (AvgIpc) is 3.64. The van der Waals surface area contributed by atoms with Crippen molar-refractivity contribution in [2.75, 3.05) is 17.9 Å². The average molecular weight is 573 g/mol. The summed E-state index contributed by atoms with van der Waals surface area (Å²) in [6.07, 6.45) is 10.5. The Morgan fingerprint density at radius 1 is 1.21 bits per heavy atom. The van der Waals surface area contributed by atoms with Crippen molar-refractivity contribution in [3.8, 4) is 5.82 Å². The Balaban J connectivity index is 1.15. The molecule has 4 aromatic rings. The number of aryl methyl sites for hydroxylation is 1. The summed E-state index contributed by atoms with van der Waals surface area (Å²) in [6, 6.07) is 7.16. The van der Waals surface area contributed by atoms with E-state index in [0.717, 1.165) is 47.2 Å². The van der Waals surface area contributed by atoms with E-state index in [-0.39, 0.29) is 17.9 Å².